The van der Waals surface area contributed by atoms with Crippen LogP contribution >= 0.6 is 11.3 Å². The lowest BCUT2D eigenvalue weighted by Gasteiger charge is -1.97. The van der Waals surface area contributed by atoms with Crippen molar-refractivity contribution in [2.24, 2.45) is 5.16 Å². The van der Waals surface area contributed by atoms with Crippen molar-refractivity contribution in [2.45, 2.75) is 6.42 Å². The van der Waals surface area contributed by atoms with Crippen molar-refractivity contribution < 1.29 is 19.5 Å². The van der Waals surface area contributed by atoms with E-state index in [1.54, 1.807) is 12.1 Å². The molecule has 0 amide bonds. The van der Waals surface area contributed by atoms with Gasteiger partial charge in [0.1, 0.15) is 6.61 Å². The molecule has 6 heteroatoms. The monoisotopic (exact) mass is 227 g/mol. The first kappa shape index (κ1) is 11.4. The molecule has 0 saturated carbocycles. The van der Waals surface area contributed by atoms with Crippen LogP contribution in [0.2, 0.25) is 0 Å². The molecular formula is C9H9NO4S. The minimum Gasteiger partial charge on any atom is -0.481 e. The van der Waals surface area contributed by atoms with Crippen molar-refractivity contribution in [2.75, 3.05) is 6.61 Å². The van der Waals surface area contributed by atoms with Crippen LogP contribution in [0.4, 0.5) is 0 Å². The third-order valence-corrected chi connectivity index (χ3v) is 2.35. The number of carboxylic acids is 1. The first-order chi connectivity index (χ1) is 7.24. The highest BCUT2D eigenvalue weighted by molar-refractivity contribution is 7.12. The van der Waals surface area contributed by atoms with E-state index < -0.39 is 5.97 Å². The number of rotatable bonds is 6. The Balaban J connectivity index is 2.49. The van der Waals surface area contributed by atoms with Crippen LogP contribution in [0.3, 0.4) is 0 Å². The van der Waals surface area contributed by atoms with E-state index in [0.717, 1.165) is 0 Å². The lowest BCUT2D eigenvalue weighted by atomic mass is 10.3. The molecule has 15 heavy (non-hydrogen) atoms. The summed E-state index contributed by atoms with van der Waals surface area (Å²) in [6.07, 6.45) is 0.437. The molecule has 1 rings (SSSR count). The van der Waals surface area contributed by atoms with Crippen molar-refractivity contribution >= 4 is 29.3 Å². The molecule has 1 aromatic heterocycles. The molecule has 0 aliphatic rings. The van der Waals surface area contributed by atoms with Gasteiger partial charge in [-0.15, -0.1) is 11.3 Å². The van der Waals surface area contributed by atoms with Gasteiger partial charge in [0.25, 0.3) is 0 Å². The number of carbonyl (C=O) groups is 2. The van der Waals surface area contributed by atoms with E-state index in [1.165, 1.54) is 11.3 Å². The first-order valence-corrected chi connectivity index (χ1v) is 5.03. The standard InChI is InChI=1S/C9H9NO4S/c11-6-7(8-2-1-5-15-8)10-14-4-3-9(12)13/h1-2,5-6H,3-4H2,(H,12,13). The minimum absolute atomic E-state index is 0.0436. The zero-order valence-corrected chi connectivity index (χ0v) is 8.57. The molecule has 1 heterocycles. The number of thiophene rings is 1. The molecule has 1 aromatic rings. The first-order valence-electron chi connectivity index (χ1n) is 4.15. The molecule has 0 fully saturated rings. The van der Waals surface area contributed by atoms with Crippen molar-refractivity contribution in [1.82, 2.24) is 0 Å². The summed E-state index contributed by atoms with van der Waals surface area (Å²) in [6.45, 7) is -0.0436. The fourth-order valence-electron chi connectivity index (χ4n) is 0.797. The van der Waals surface area contributed by atoms with Crippen LogP contribution in [0.15, 0.2) is 22.7 Å². The average molecular weight is 227 g/mol. The second kappa shape index (κ2) is 5.92. The Morgan fingerprint density at radius 1 is 1.67 bits per heavy atom. The number of aldehydes is 1. The molecule has 0 aromatic carbocycles. The highest BCUT2D eigenvalue weighted by atomic mass is 32.1. The number of carbonyl (C=O) groups excluding carboxylic acids is 1. The second-order valence-electron chi connectivity index (χ2n) is 2.55. The highest BCUT2D eigenvalue weighted by Gasteiger charge is 2.03. The third kappa shape index (κ3) is 3.90. The van der Waals surface area contributed by atoms with Gasteiger partial charge in [-0.1, -0.05) is 11.2 Å². The maximum Gasteiger partial charge on any atom is 0.306 e. The zero-order chi connectivity index (χ0) is 11.1. The van der Waals surface area contributed by atoms with Gasteiger partial charge in [0.15, 0.2) is 12.0 Å². The smallest absolute Gasteiger partial charge is 0.306 e. The number of carboxylic acid groups (broad SMARTS) is 1. The fraction of sp³-hybridized carbons (Fsp3) is 0.222. The molecule has 0 radical (unpaired) electrons. The molecule has 0 spiro atoms. The molecule has 0 aliphatic heterocycles. The van der Waals surface area contributed by atoms with Crippen LogP contribution in [0.25, 0.3) is 0 Å². The van der Waals surface area contributed by atoms with Crippen molar-refractivity contribution in [3.8, 4) is 0 Å². The predicted octanol–water partition coefficient (Wildman–Crippen LogP) is 1.14. The van der Waals surface area contributed by atoms with E-state index in [9.17, 15) is 9.59 Å². The molecule has 80 valence electrons. The van der Waals surface area contributed by atoms with Gasteiger partial charge in [0, 0.05) is 0 Å². The molecule has 0 atom stereocenters. The SMILES string of the molecule is O=CC(=NOCCC(=O)O)c1cccs1. The van der Waals surface area contributed by atoms with Gasteiger partial charge in [0.05, 0.1) is 11.3 Å². The topological polar surface area (TPSA) is 76.0 Å². The van der Waals surface area contributed by atoms with Crippen molar-refractivity contribution in [1.29, 1.82) is 0 Å². The Morgan fingerprint density at radius 3 is 3.00 bits per heavy atom. The van der Waals surface area contributed by atoms with E-state index in [2.05, 4.69) is 5.16 Å². The average Bonchev–Trinajstić information content (AvgIpc) is 2.70. The Labute approximate surface area is 90.0 Å². The Bertz CT molecular complexity index is 358. The largest absolute Gasteiger partial charge is 0.481 e. The summed E-state index contributed by atoms with van der Waals surface area (Å²) in [4.78, 5) is 26.2. The highest BCUT2D eigenvalue weighted by Crippen LogP contribution is 2.09. The molecular weight excluding hydrogens is 218 g/mol. The van der Waals surface area contributed by atoms with Crippen LogP contribution in [0.1, 0.15) is 11.3 Å². The lowest BCUT2D eigenvalue weighted by molar-refractivity contribution is -0.138. The van der Waals surface area contributed by atoms with Crippen LogP contribution in [-0.2, 0) is 14.4 Å². The number of oxime groups is 1. The quantitative estimate of drug-likeness (QED) is 0.342. The van der Waals surface area contributed by atoms with E-state index in [0.29, 0.717) is 11.2 Å². The van der Waals surface area contributed by atoms with E-state index in [4.69, 9.17) is 9.94 Å². The Morgan fingerprint density at radius 2 is 2.47 bits per heavy atom. The summed E-state index contributed by atoms with van der Waals surface area (Å²) in [5, 5.41) is 13.7. The van der Waals surface area contributed by atoms with E-state index in [1.807, 2.05) is 5.38 Å². The number of hydrogen-bond donors (Lipinski definition) is 1. The van der Waals surface area contributed by atoms with E-state index >= 15 is 0 Å². The van der Waals surface area contributed by atoms with Crippen LogP contribution in [0.5, 0.6) is 0 Å². The second-order valence-corrected chi connectivity index (χ2v) is 3.50. The van der Waals surface area contributed by atoms with E-state index in [-0.39, 0.29) is 18.7 Å². The van der Waals surface area contributed by atoms with Crippen LogP contribution < -0.4 is 0 Å². The summed E-state index contributed by atoms with van der Waals surface area (Å²) in [7, 11) is 0. The summed E-state index contributed by atoms with van der Waals surface area (Å²) in [5.41, 5.74) is 0.176. The maximum absolute atomic E-state index is 10.6. The molecule has 5 nitrogen and oxygen atoms in total. The fourth-order valence-corrected chi connectivity index (χ4v) is 1.46. The maximum atomic E-state index is 10.6. The number of hydrogen-bond acceptors (Lipinski definition) is 5. The lowest BCUT2D eigenvalue weighted by Crippen LogP contribution is -2.04. The van der Waals surface area contributed by atoms with Gasteiger partial charge in [-0.2, -0.15) is 0 Å². The Hall–Kier alpha value is -1.69. The molecule has 0 unspecified atom stereocenters. The summed E-state index contributed by atoms with van der Waals surface area (Å²) >= 11 is 1.36. The van der Waals surface area contributed by atoms with Gasteiger partial charge in [-0.25, -0.2) is 0 Å². The number of nitrogens with zero attached hydrogens (tertiary/aromatic N) is 1. The van der Waals surface area contributed by atoms with Crippen molar-refractivity contribution in [3.63, 3.8) is 0 Å². The predicted molar refractivity (Wildman–Crippen MR) is 55.1 cm³/mol. The molecule has 0 saturated heterocycles. The summed E-state index contributed by atoms with van der Waals surface area (Å²) in [5.74, 6) is -0.964. The third-order valence-electron chi connectivity index (χ3n) is 1.46. The minimum atomic E-state index is -0.964. The Kier molecular flexibility index (Phi) is 4.49. The normalized spacial score (nSPS) is 11.1. The summed E-state index contributed by atoms with van der Waals surface area (Å²) in [6, 6.07) is 3.52. The molecule has 0 bridgehead atoms. The van der Waals surface area contributed by atoms with Gasteiger partial charge in [-0.3, -0.25) is 9.59 Å². The van der Waals surface area contributed by atoms with Crippen LogP contribution in [-0.4, -0.2) is 29.7 Å². The van der Waals surface area contributed by atoms with Crippen molar-refractivity contribution in [3.05, 3.63) is 22.4 Å². The molecule has 1 N–H and O–H groups in total. The van der Waals surface area contributed by atoms with Gasteiger partial charge in [0.2, 0.25) is 0 Å². The summed E-state index contributed by atoms with van der Waals surface area (Å²) < 4.78 is 0. The van der Waals surface area contributed by atoms with Gasteiger partial charge in [-0.05, 0) is 11.4 Å². The van der Waals surface area contributed by atoms with Gasteiger partial charge < -0.3 is 9.94 Å². The molecule has 0 aliphatic carbocycles. The number of aliphatic carboxylic acids is 1. The zero-order valence-electron chi connectivity index (χ0n) is 7.75. The van der Waals surface area contributed by atoms with Gasteiger partial charge >= 0.3 is 5.97 Å². The van der Waals surface area contributed by atoms with Crippen LogP contribution in [0, 0.1) is 0 Å².